The Balaban J connectivity index is 1.40. The van der Waals surface area contributed by atoms with E-state index in [4.69, 9.17) is 9.47 Å². The third-order valence-corrected chi connectivity index (χ3v) is 9.13. The second-order valence-corrected chi connectivity index (χ2v) is 11.6. The van der Waals surface area contributed by atoms with Gasteiger partial charge in [0.1, 0.15) is 5.03 Å². The van der Waals surface area contributed by atoms with Crippen LogP contribution >= 0.6 is 0 Å². The van der Waals surface area contributed by atoms with E-state index in [1.807, 2.05) is 30.0 Å². The maximum Gasteiger partial charge on any atom is 0.258 e. The van der Waals surface area contributed by atoms with Gasteiger partial charge >= 0.3 is 0 Å². The minimum Gasteiger partial charge on any atom is -0.380 e. The summed E-state index contributed by atoms with van der Waals surface area (Å²) in [5.41, 5.74) is 0.667. The lowest BCUT2D eigenvalue weighted by molar-refractivity contribution is -0.193. The molecule has 1 aromatic heterocycles. The Bertz CT molecular complexity index is 1170. The molecule has 5 rings (SSSR count). The summed E-state index contributed by atoms with van der Waals surface area (Å²) in [7, 11) is -2.11. The van der Waals surface area contributed by atoms with Gasteiger partial charge in [0.2, 0.25) is 5.91 Å². The average molecular weight is 477 g/mol. The van der Waals surface area contributed by atoms with Gasteiger partial charge in [-0.15, -0.1) is 0 Å². The Morgan fingerprint density at radius 3 is 2.61 bits per heavy atom. The molecule has 0 bridgehead atoms. The van der Waals surface area contributed by atoms with E-state index in [1.165, 1.54) is 4.31 Å². The van der Waals surface area contributed by atoms with E-state index in [9.17, 15) is 13.2 Å². The zero-order valence-electron chi connectivity index (χ0n) is 19.5. The summed E-state index contributed by atoms with van der Waals surface area (Å²) in [5, 5.41) is 1.08. The van der Waals surface area contributed by atoms with Crippen molar-refractivity contribution >= 4 is 26.8 Å². The van der Waals surface area contributed by atoms with Crippen LogP contribution in [0.3, 0.4) is 0 Å². The second-order valence-electron chi connectivity index (χ2n) is 9.65. The Morgan fingerprint density at radius 2 is 1.91 bits per heavy atom. The van der Waals surface area contributed by atoms with E-state index in [0.29, 0.717) is 26.2 Å². The smallest absolute Gasteiger partial charge is 0.258 e. The highest BCUT2D eigenvalue weighted by Gasteiger charge is 2.58. The van der Waals surface area contributed by atoms with Crippen LogP contribution in [0.2, 0.25) is 0 Å². The number of ether oxygens (including phenoxy) is 2. The molecule has 2 aromatic rings. The van der Waals surface area contributed by atoms with E-state index in [0.717, 1.165) is 35.9 Å². The van der Waals surface area contributed by atoms with Crippen molar-refractivity contribution in [3.05, 3.63) is 29.8 Å². The van der Waals surface area contributed by atoms with Gasteiger partial charge in [-0.25, -0.2) is 8.42 Å². The van der Waals surface area contributed by atoms with Crippen molar-refractivity contribution in [1.29, 1.82) is 0 Å². The molecule has 33 heavy (non-hydrogen) atoms. The quantitative estimate of drug-likeness (QED) is 0.719. The second kappa shape index (κ2) is 8.06. The van der Waals surface area contributed by atoms with E-state index >= 15 is 0 Å². The van der Waals surface area contributed by atoms with Crippen molar-refractivity contribution in [2.75, 3.05) is 53.0 Å². The molecule has 3 fully saturated rings. The number of H-pyrrole nitrogens is 1. The Hall–Kier alpha value is -1.98. The number of sulfonamides is 1. The molecule has 9 nitrogen and oxygen atoms in total. The fraction of sp³-hybridized carbons (Fsp3) is 0.609. The number of aromatic amines is 1. The number of fused-ring (bicyclic) bond motifs is 2. The van der Waals surface area contributed by atoms with Crippen LogP contribution in [-0.2, 0) is 24.3 Å². The number of likely N-dealkylation sites (tertiary alicyclic amines) is 1. The Labute approximate surface area is 194 Å². The van der Waals surface area contributed by atoms with Gasteiger partial charge in [-0.1, -0.05) is 11.6 Å². The molecular formula is C23H32N4O5S. The maximum atomic E-state index is 13.6. The van der Waals surface area contributed by atoms with Crippen molar-refractivity contribution in [3.8, 4) is 0 Å². The summed E-state index contributed by atoms with van der Waals surface area (Å²) >= 11 is 0. The van der Waals surface area contributed by atoms with Gasteiger partial charge in [0, 0.05) is 57.7 Å². The van der Waals surface area contributed by atoms with Crippen LogP contribution in [0.5, 0.6) is 0 Å². The molecule has 4 heterocycles. The number of carbonyl (C=O) groups is 1. The standard InChI is InChI=1S/C23H32N4O5S/c1-17-4-5-20-19(12-17)13-21(24-20)33(29,30)27-11-10-26-14-22(32-23(26,15-27)16-31-3)6-8-25(9-7-22)18(2)28/h4-5,12-13,24H,6-11,14-16H2,1-3H3. The van der Waals surface area contributed by atoms with Crippen molar-refractivity contribution in [3.63, 3.8) is 0 Å². The van der Waals surface area contributed by atoms with Gasteiger partial charge in [-0.3, -0.25) is 9.69 Å². The molecule has 1 aromatic carbocycles. The van der Waals surface area contributed by atoms with Crippen molar-refractivity contribution in [1.82, 2.24) is 19.1 Å². The summed E-state index contributed by atoms with van der Waals surface area (Å²) in [5.74, 6) is 0.0815. The van der Waals surface area contributed by atoms with Gasteiger partial charge in [0.25, 0.3) is 10.0 Å². The molecule has 1 spiro atoms. The van der Waals surface area contributed by atoms with Crippen molar-refractivity contribution in [2.24, 2.45) is 0 Å². The van der Waals surface area contributed by atoms with E-state index < -0.39 is 15.7 Å². The van der Waals surface area contributed by atoms with Gasteiger partial charge in [0.15, 0.2) is 5.72 Å². The number of amides is 1. The summed E-state index contributed by atoms with van der Waals surface area (Å²) in [4.78, 5) is 18.9. The number of hydrogen-bond acceptors (Lipinski definition) is 6. The molecule has 3 aliphatic heterocycles. The van der Waals surface area contributed by atoms with E-state index in [-0.39, 0.29) is 29.7 Å². The lowest BCUT2D eigenvalue weighted by Crippen LogP contribution is -2.63. The summed E-state index contributed by atoms with van der Waals surface area (Å²) in [6.07, 6.45) is 1.48. The zero-order valence-corrected chi connectivity index (χ0v) is 20.3. The Kier molecular flexibility index (Phi) is 5.56. The highest BCUT2D eigenvalue weighted by molar-refractivity contribution is 7.89. The largest absolute Gasteiger partial charge is 0.380 e. The molecule has 0 saturated carbocycles. The molecule has 1 N–H and O–H groups in total. The van der Waals surface area contributed by atoms with Crippen LogP contribution in [0.4, 0.5) is 0 Å². The number of piperazine rings is 1. The molecule has 0 aliphatic carbocycles. The van der Waals surface area contributed by atoms with Crippen molar-refractivity contribution in [2.45, 2.75) is 43.0 Å². The molecule has 1 atom stereocenters. The molecular weight excluding hydrogens is 444 g/mol. The minimum absolute atomic E-state index is 0.0815. The lowest BCUT2D eigenvalue weighted by atomic mass is 9.91. The summed E-state index contributed by atoms with van der Waals surface area (Å²) in [6, 6.07) is 7.56. The van der Waals surface area contributed by atoms with Gasteiger partial charge in [-0.05, 0) is 38.0 Å². The van der Waals surface area contributed by atoms with Crippen LogP contribution in [0.25, 0.3) is 10.9 Å². The molecule has 0 radical (unpaired) electrons. The molecule has 10 heteroatoms. The normalized spacial score (nSPS) is 26.2. The number of methoxy groups -OCH3 is 1. The lowest BCUT2D eigenvalue weighted by Gasteiger charge is -2.45. The minimum atomic E-state index is -3.73. The first-order chi connectivity index (χ1) is 15.7. The van der Waals surface area contributed by atoms with Gasteiger partial charge < -0.3 is 19.4 Å². The highest BCUT2D eigenvalue weighted by atomic mass is 32.2. The fourth-order valence-electron chi connectivity index (χ4n) is 5.58. The molecule has 1 unspecified atom stereocenters. The maximum absolute atomic E-state index is 13.6. The SMILES string of the molecule is COCC12CN(S(=O)(=O)c3cc4cc(C)ccc4[nH]3)CCN1CC1(CCN(C(C)=O)CC1)O2. The molecule has 3 aliphatic rings. The van der Waals surface area contributed by atoms with Crippen molar-refractivity contribution < 1.29 is 22.7 Å². The Morgan fingerprint density at radius 1 is 1.15 bits per heavy atom. The molecule has 180 valence electrons. The fourth-order valence-corrected chi connectivity index (χ4v) is 7.07. The highest BCUT2D eigenvalue weighted by Crippen LogP contribution is 2.43. The average Bonchev–Trinajstić information content (AvgIpc) is 3.32. The number of rotatable bonds is 4. The third kappa shape index (κ3) is 3.87. The molecule has 3 saturated heterocycles. The number of aromatic nitrogens is 1. The molecule has 1 amide bonds. The van der Waals surface area contributed by atoms with Crippen LogP contribution < -0.4 is 0 Å². The third-order valence-electron chi connectivity index (χ3n) is 7.36. The number of hydrogen-bond donors (Lipinski definition) is 1. The first kappa shape index (κ1) is 22.8. The predicted octanol–water partition coefficient (Wildman–Crippen LogP) is 1.54. The first-order valence-corrected chi connectivity index (χ1v) is 12.9. The number of benzene rings is 1. The number of piperidine rings is 1. The summed E-state index contributed by atoms with van der Waals surface area (Å²) in [6.45, 7) is 7.06. The number of carbonyl (C=O) groups excluding carboxylic acids is 1. The van der Waals surface area contributed by atoms with Crippen LogP contribution in [-0.4, -0.2) is 97.7 Å². The zero-order chi connectivity index (χ0) is 23.4. The van der Waals surface area contributed by atoms with Crippen LogP contribution in [0, 0.1) is 6.92 Å². The van der Waals surface area contributed by atoms with E-state index in [2.05, 4.69) is 9.88 Å². The topological polar surface area (TPSA) is 95.2 Å². The first-order valence-electron chi connectivity index (χ1n) is 11.5. The summed E-state index contributed by atoms with van der Waals surface area (Å²) < 4.78 is 41.0. The van der Waals surface area contributed by atoms with Gasteiger partial charge in [-0.2, -0.15) is 4.31 Å². The predicted molar refractivity (Wildman–Crippen MR) is 123 cm³/mol. The monoisotopic (exact) mass is 476 g/mol. The van der Waals surface area contributed by atoms with Crippen LogP contribution in [0.1, 0.15) is 25.3 Å². The van der Waals surface area contributed by atoms with Crippen LogP contribution in [0.15, 0.2) is 29.3 Å². The van der Waals surface area contributed by atoms with E-state index in [1.54, 1.807) is 20.1 Å². The number of aryl methyl sites for hydroxylation is 1. The van der Waals surface area contributed by atoms with Gasteiger partial charge in [0.05, 0.1) is 18.8 Å². The number of nitrogens with one attached hydrogen (secondary N) is 1. The number of nitrogens with zero attached hydrogens (tertiary/aromatic N) is 3.